The Bertz CT molecular complexity index is 444. The van der Waals surface area contributed by atoms with Crippen LogP contribution in [0, 0.1) is 6.92 Å². The first kappa shape index (κ1) is 12.0. The first-order valence-electron chi connectivity index (χ1n) is 5.55. The zero-order chi connectivity index (χ0) is 12.4. The smallest absolute Gasteiger partial charge is 0.245 e. The van der Waals surface area contributed by atoms with Crippen molar-refractivity contribution in [2.75, 3.05) is 13.1 Å². The largest absolute Gasteiger partial charge is 0.343 e. The number of nitrogens with one attached hydrogen (secondary N) is 1. The van der Waals surface area contributed by atoms with E-state index >= 15 is 0 Å². The van der Waals surface area contributed by atoms with Crippen molar-refractivity contribution < 1.29 is 9.59 Å². The summed E-state index contributed by atoms with van der Waals surface area (Å²) in [6.45, 7) is 4.37. The number of hydrogen-bond acceptors (Lipinski definition) is 4. The number of carbonyl (C=O) groups is 2. The highest BCUT2D eigenvalue weighted by atomic mass is 32.1. The standard InChI is InChI=1S/C11H15N3O2S/c1-7-6-17-10(12-7)3-4-14-5-9(15)13-8(2)11(14)16/h6,8H,3-5H2,1-2H3,(H,13,15). The topological polar surface area (TPSA) is 62.3 Å². The van der Waals surface area contributed by atoms with E-state index in [1.807, 2.05) is 12.3 Å². The van der Waals surface area contributed by atoms with Gasteiger partial charge in [-0.25, -0.2) is 4.98 Å². The highest BCUT2D eigenvalue weighted by Gasteiger charge is 2.28. The van der Waals surface area contributed by atoms with Crippen LogP contribution in [-0.2, 0) is 16.0 Å². The van der Waals surface area contributed by atoms with E-state index in [9.17, 15) is 9.59 Å². The molecule has 1 N–H and O–H groups in total. The fourth-order valence-corrected chi connectivity index (χ4v) is 2.58. The van der Waals surface area contributed by atoms with Crippen molar-refractivity contribution in [3.63, 3.8) is 0 Å². The number of aromatic nitrogens is 1. The normalized spacial score (nSPS) is 20.6. The van der Waals surface area contributed by atoms with Gasteiger partial charge in [-0.3, -0.25) is 9.59 Å². The molecule has 0 saturated carbocycles. The third kappa shape index (κ3) is 2.82. The third-order valence-electron chi connectivity index (χ3n) is 2.66. The molecule has 1 saturated heterocycles. The van der Waals surface area contributed by atoms with E-state index < -0.39 is 6.04 Å². The van der Waals surface area contributed by atoms with Gasteiger partial charge in [0.2, 0.25) is 11.8 Å². The number of piperazine rings is 1. The van der Waals surface area contributed by atoms with Gasteiger partial charge in [-0.15, -0.1) is 11.3 Å². The molecule has 0 aliphatic carbocycles. The van der Waals surface area contributed by atoms with Crippen LogP contribution in [-0.4, -0.2) is 40.8 Å². The van der Waals surface area contributed by atoms with Crippen LogP contribution in [0.1, 0.15) is 17.6 Å². The number of hydrogen-bond donors (Lipinski definition) is 1. The van der Waals surface area contributed by atoms with Gasteiger partial charge in [-0.1, -0.05) is 0 Å². The summed E-state index contributed by atoms with van der Waals surface area (Å²) in [7, 11) is 0. The molecule has 1 aliphatic rings. The average molecular weight is 253 g/mol. The molecule has 1 aromatic rings. The van der Waals surface area contributed by atoms with Gasteiger partial charge >= 0.3 is 0 Å². The highest BCUT2D eigenvalue weighted by Crippen LogP contribution is 2.11. The maximum atomic E-state index is 11.8. The summed E-state index contributed by atoms with van der Waals surface area (Å²) >= 11 is 1.59. The third-order valence-corrected chi connectivity index (χ3v) is 3.68. The molecule has 1 aromatic heterocycles. The molecule has 2 rings (SSSR count). The molecular formula is C11H15N3O2S. The van der Waals surface area contributed by atoms with Crippen molar-refractivity contribution in [1.29, 1.82) is 0 Å². The summed E-state index contributed by atoms with van der Waals surface area (Å²) in [6.07, 6.45) is 0.713. The zero-order valence-electron chi connectivity index (χ0n) is 9.90. The summed E-state index contributed by atoms with van der Waals surface area (Å²) in [4.78, 5) is 29.1. The summed E-state index contributed by atoms with van der Waals surface area (Å²) in [5.41, 5.74) is 1.00. The molecule has 6 heteroatoms. The lowest BCUT2D eigenvalue weighted by Crippen LogP contribution is -2.57. The SMILES string of the molecule is Cc1csc(CCN2CC(=O)NC(C)C2=O)n1. The number of thiazole rings is 1. The predicted molar refractivity (Wildman–Crippen MR) is 64.7 cm³/mol. The quantitative estimate of drug-likeness (QED) is 0.845. The summed E-state index contributed by atoms with van der Waals surface area (Å²) in [5.74, 6) is -0.106. The van der Waals surface area contributed by atoms with E-state index in [2.05, 4.69) is 10.3 Å². The van der Waals surface area contributed by atoms with Crippen LogP contribution in [0.3, 0.4) is 0 Å². The Morgan fingerprint density at radius 3 is 3.00 bits per heavy atom. The molecule has 0 bridgehead atoms. The second-order valence-corrected chi connectivity index (χ2v) is 5.12. The van der Waals surface area contributed by atoms with Crippen molar-refractivity contribution in [3.8, 4) is 0 Å². The molecule has 1 aliphatic heterocycles. The zero-order valence-corrected chi connectivity index (χ0v) is 10.7. The number of aryl methyl sites for hydroxylation is 1. The molecule has 92 valence electrons. The first-order valence-corrected chi connectivity index (χ1v) is 6.43. The Hall–Kier alpha value is -1.43. The van der Waals surface area contributed by atoms with Crippen molar-refractivity contribution in [3.05, 3.63) is 16.1 Å². The van der Waals surface area contributed by atoms with Crippen LogP contribution in [0.2, 0.25) is 0 Å². The van der Waals surface area contributed by atoms with Crippen LogP contribution < -0.4 is 5.32 Å². The maximum Gasteiger partial charge on any atom is 0.245 e. The highest BCUT2D eigenvalue weighted by molar-refractivity contribution is 7.09. The number of nitrogens with zero attached hydrogens (tertiary/aromatic N) is 2. The van der Waals surface area contributed by atoms with Gasteiger partial charge in [0.15, 0.2) is 0 Å². The molecule has 2 amide bonds. The monoisotopic (exact) mass is 253 g/mol. The Kier molecular flexibility index (Phi) is 3.42. The first-order chi connectivity index (χ1) is 8.06. The summed E-state index contributed by atoms with van der Waals surface area (Å²) in [6, 6.07) is -0.408. The van der Waals surface area contributed by atoms with Crippen LogP contribution in [0.25, 0.3) is 0 Å². The van der Waals surface area contributed by atoms with Crippen LogP contribution in [0.5, 0.6) is 0 Å². The lowest BCUT2D eigenvalue weighted by atomic mass is 10.2. The Morgan fingerprint density at radius 2 is 2.35 bits per heavy atom. The molecule has 0 spiro atoms. The van der Waals surface area contributed by atoms with Gasteiger partial charge in [-0.2, -0.15) is 0 Å². The van der Waals surface area contributed by atoms with Gasteiger partial charge in [0, 0.05) is 24.0 Å². The second-order valence-electron chi connectivity index (χ2n) is 4.18. The van der Waals surface area contributed by atoms with Crippen LogP contribution in [0.4, 0.5) is 0 Å². The van der Waals surface area contributed by atoms with E-state index in [0.717, 1.165) is 10.7 Å². The molecular weight excluding hydrogens is 238 g/mol. The second kappa shape index (κ2) is 4.83. The minimum atomic E-state index is -0.408. The van der Waals surface area contributed by atoms with Crippen molar-refractivity contribution in [2.24, 2.45) is 0 Å². The van der Waals surface area contributed by atoms with E-state index in [4.69, 9.17) is 0 Å². The van der Waals surface area contributed by atoms with E-state index in [1.54, 1.807) is 23.2 Å². The summed E-state index contributed by atoms with van der Waals surface area (Å²) in [5, 5.41) is 5.62. The molecule has 1 atom stereocenters. The molecule has 17 heavy (non-hydrogen) atoms. The lowest BCUT2D eigenvalue weighted by Gasteiger charge is -2.30. The fraction of sp³-hybridized carbons (Fsp3) is 0.545. The van der Waals surface area contributed by atoms with Gasteiger partial charge in [0.05, 0.1) is 11.6 Å². The molecule has 0 radical (unpaired) electrons. The van der Waals surface area contributed by atoms with Crippen molar-refractivity contribution >= 4 is 23.2 Å². The predicted octanol–water partition coefficient (Wildman–Crippen LogP) is 0.341. The number of rotatable bonds is 3. The minimum Gasteiger partial charge on any atom is -0.343 e. The minimum absolute atomic E-state index is 0.0159. The number of carbonyl (C=O) groups excluding carboxylic acids is 2. The van der Waals surface area contributed by atoms with Gasteiger partial charge in [0.1, 0.15) is 6.04 Å². The van der Waals surface area contributed by atoms with Crippen molar-refractivity contribution in [2.45, 2.75) is 26.3 Å². The molecule has 1 unspecified atom stereocenters. The van der Waals surface area contributed by atoms with Crippen molar-refractivity contribution in [1.82, 2.24) is 15.2 Å². The lowest BCUT2D eigenvalue weighted by molar-refractivity contribution is -0.143. The molecule has 2 heterocycles. The molecule has 1 fully saturated rings. The van der Waals surface area contributed by atoms with E-state index in [1.165, 1.54) is 0 Å². The van der Waals surface area contributed by atoms with E-state index in [0.29, 0.717) is 13.0 Å². The summed E-state index contributed by atoms with van der Waals surface area (Å²) < 4.78 is 0. The number of amides is 2. The van der Waals surface area contributed by atoms with Gasteiger partial charge in [-0.05, 0) is 13.8 Å². The molecule has 0 aromatic carbocycles. The average Bonchev–Trinajstić information content (AvgIpc) is 2.67. The van der Waals surface area contributed by atoms with Gasteiger partial charge in [0.25, 0.3) is 0 Å². The van der Waals surface area contributed by atoms with Crippen LogP contribution in [0.15, 0.2) is 5.38 Å². The van der Waals surface area contributed by atoms with Gasteiger partial charge < -0.3 is 10.2 Å². The fourth-order valence-electron chi connectivity index (χ4n) is 1.81. The Labute approximate surface area is 104 Å². The van der Waals surface area contributed by atoms with E-state index in [-0.39, 0.29) is 18.4 Å². The van der Waals surface area contributed by atoms with Crippen LogP contribution >= 0.6 is 11.3 Å². The Balaban J connectivity index is 1.94. The molecule has 5 nitrogen and oxygen atoms in total. The maximum absolute atomic E-state index is 11.8. The Morgan fingerprint density at radius 1 is 1.59 bits per heavy atom.